The Balaban J connectivity index is 1.91. The first-order valence-electron chi connectivity index (χ1n) is 6.97. The van der Waals surface area contributed by atoms with E-state index in [0.29, 0.717) is 11.0 Å². The number of amides is 1. The summed E-state index contributed by atoms with van der Waals surface area (Å²) in [6, 6.07) is 13.2. The molecule has 0 aliphatic rings. The van der Waals surface area contributed by atoms with Crippen LogP contribution in [0.2, 0.25) is 0 Å². The Bertz CT molecular complexity index is 804. The van der Waals surface area contributed by atoms with E-state index in [4.69, 9.17) is 5.73 Å². The molecule has 1 amide bonds. The zero-order chi connectivity index (χ0) is 16.2. The zero-order valence-electron chi connectivity index (χ0n) is 12.5. The second-order valence-electron chi connectivity index (χ2n) is 4.92. The van der Waals surface area contributed by atoms with E-state index in [-0.39, 0.29) is 0 Å². The van der Waals surface area contributed by atoms with Crippen LogP contribution in [0.25, 0.3) is 11.4 Å². The Morgan fingerprint density at radius 1 is 1.17 bits per heavy atom. The molecule has 23 heavy (non-hydrogen) atoms. The summed E-state index contributed by atoms with van der Waals surface area (Å²) in [7, 11) is 1.85. The fourth-order valence-corrected chi connectivity index (χ4v) is 3.14. The lowest BCUT2D eigenvalue weighted by atomic mass is 10.1. The van der Waals surface area contributed by atoms with Gasteiger partial charge in [-0.05, 0) is 17.7 Å². The van der Waals surface area contributed by atoms with Gasteiger partial charge in [0.1, 0.15) is 5.25 Å². The number of aromatic nitrogens is 4. The molecule has 116 valence electrons. The Morgan fingerprint density at radius 2 is 1.96 bits per heavy atom. The van der Waals surface area contributed by atoms with Crippen LogP contribution in [0.1, 0.15) is 10.8 Å². The van der Waals surface area contributed by atoms with Crippen LogP contribution in [0.15, 0.2) is 60.0 Å². The van der Waals surface area contributed by atoms with E-state index in [1.165, 1.54) is 11.8 Å². The van der Waals surface area contributed by atoms with Crippen LogP contribution < -0.4 is 5.73 Å². The Labute approximate surface area is 137 Å². The van der Waals surface area contributed by atoms with Crippen molar-refractivity contribution in [2.75, 3.05) is 0 Å². The van der Waals surface area contributed by atoms with Crippen molar-refractivity contribution in [2.45, 2.75) is 10.4 Å². The lowest BCUT2D eigenvalue weighted by Gasteiger charge is -2.12. The van der Waals surface area contributed by atoms with Gasteiger partial charge in [-0.3, -0.25) is 9.78 Å². The van der Waals surface area contributed by atoms with Crippen LogP contribution in [0.4, 0.5) is 0 Å². The van der Waals surface area contributed by atoms with E-state index in [1.807, 2.05) is 54.1 Å². The maximum Gasteiger partial charge on any atom is 0.235 e. The van der Waals surface area contributed by atoms with Crippen molar-refractivity contribution in [3.05, 3.63) is 60.4 Å². The number of primary amides is 1. The number of nitrogens with two attached hydrogens (primary N) is 1. The molecule has 2 N–H and O–H groups in total. The minimum absolute atomic E-state index is 0.410. The van der Waals surface area contributed by atoms with Gasteiger partial charge in [-0.15, -0.1) is 10.2 Å². The molecule has 2 heterocycles. The van der Waals surface area contributed by atoms with Crippen molar-refractivity contribution in [1.29, 1.82) is 0 Å². The molecule has 3 aromatic rings. The molecule has 2 aromatic heterocycles. The van der Waals surface area contributed by atoms with Crippen LogP contribution in [0, 0.1) is 0 Å². The highest BCUT2D eigenvalue weighted by Gasteiger charge is 2.23. The summed E-state index contributed by atoms with van der Waals surface area (Å²) < 4.78 is 1.83. The third kappa shape index (κ3) is 3.24. The second-order valence-corrected chi connectivity index (χ2v) is 5.99. The highest BCUT2D eigenvalue weighted by molar-refractivity contribution is 8.00. The molecule has 0 aliphatic heterocycles. The molecule has 6 nitrogen and oxygen atoms in total. The number of hydrogen-bond acceptors (Lipinski definition) is 5. The largest absolute Gasteiger partial charge is 0.368 e. The Kier molecular flexibility index (Phi) is 4.38. The van der Waals surface area contributed by atoms with Gasteiger partial charge in [0.15, 0.2) is 11.0 Å². The molecule has 0 bridgehead atoms. The topological polar surface area (TPSA) is 86.7 Å². The average molecular weight is 325 g/mol. The first-order valence-corrected chi connectivity index (χ1v) is 7.85. The standard InChI is InChI=1S/C16H15N5OS/c1-21-15(12-8-5-9-18-10-12)19-20-16(21)23-13(14(17)22)11-6-3-2-4-7-11/h2-10,13H,1H3,(H2,17,22). The number of nitrogens with zero attached hydrogens (tertiary/aromatic N) is 4. The normalized spacial score (nSPS) is 12.0. The van der Waals surface area contributed by atoms with E-state index in [2.05, 4.69) is 15.2 Å². The van der Waals surface area contributed by atoms with Crippen molar-refractivity contribution in [1.82, 2.24) is 19.7 Å². The maximum atomic E-state index is 11.8. The molecular formula is C16H15N5OS. The van der Waals surface area contributed by atoms with Crippen molar-refractivity contribution >= 4 is 17.7 Å². The summed E-state index contributed by atoms with van der Waals surface area (Å²) in [5.41, 5.74) is 7.27. The molecule has 7 heteroatoms. The summed E-state index contributed by atoms with van der Waals surface area (Å²) in [6.45, 7) is 0. The highest BCUT2D eigenvalue weighted by Crippen LogP contribution is 2.34. The molecule has 3 rings (SSSR count). The molecule has 0 spiro atoms. The van der Waals surface area contributed by atoms with Gasteiger partial charge in [-0.25, -0.2) is 0 Å². The molecule has 0 saturated carbocycles. The first-order chi connectivity index (χ1) is 11.2. The van der Waals surface area contributed by atoms with Gasteiger partial charge < -0.3 is 10.3 Å². The molecule has 0 saturated heterocycles. The number of hydrogen-bond donors (Lipinski definition) is 1. The lowest BCUT2D eigenvalue weighted by Crippen LogP contribution is -2.19. The Morgan fingerprint density at radius 3 is 2.61 bits per heavy atom. The van der Waals surface area contributed by atoms with Gasteiger partial charge in [0.2, 0.25) is 5.91 Å². The third-order valence-corrected chi connectivity index (χ3v) is 4.65. The van der Waals surface area contributed by atoms with E-state index in [1.54, 1.807) is 12.4 Å². The SMILES string of the molecule is Cn1c(SC(C(N)=O)c2ccccc2)nnc1-c1cccnc1. The van der Waals surface area contributed by atoms with Crippen LogP contribution in [0.3, 0.4) is 0 Å². The van der Waals surface area contributed by atoms with Crippen LogP contribution in [-0.2, 0) is 11.8 Å². The van der Waals surface area contributed by atoms with Crippen LogP contribution >= 0.6 is 11.8 Å². The molecule has 0 aliphatic carbocycles. The van der Waals surface area contributed by atoms with Crippen molar-refractivity contribution < 1.29 is 4.79 Å². The third-order valence-electron chi connectivity index (χ3n) is 3.34. The van der Waals surface area contributed by atoms with E-state index in [9.17, 15) is 4.79 Å². The predicted octanol–water partition coefficient (Wildman–Crippen LogP) is 2.20. The molecule has 0 radical (unpaired) electrons. The van der Waals surface area contributed by atoms with E-state index in [0.717, 1.165) is 11.1 Å². The maximum absolute atomic E-state index is 11.8. The number of carbonyl (C=O) groups is 1. The smallest absolute Gasteiger partial charge is 0.235 e. The van der Waals surface area contributed by atoms with Gasteiger partial charge in [0.05, 0.1) is 0 Å². The lowest BCUT2D eigenvalue weighted by molar-refractivity contribution is -0.117. The molecule has 1 unspecified atom stereocenters. The van der Waals surface area contributed by atoms with E-state index < -0.39 is 11.2 Å². The fraction of sp³-hybridized carbons (Fsp3) is 0.125. The van der Waals surface area contributed by atoms with Crippen molar-refractivity contribution in [3.8, 4) is 11.4 Å². The minimum Gasteiger partial charge on any atom is -0.368 e. The quantitative estimate of drug-likeness (QED) is 0.727. The Hall–Kier alpha value is -2.67. The van der Waals surface area contributed by atoms with Gasteiger partial charge in [0.25, 0.3) is 0 Å². The van der Waals surface area contributed by atoms with Gasteiger partial charge in [0, 0.05) is 25.0 Å². The number of pyridine rings is 1. The van der Waals surface area contributed by atoms with Crippen molar-refractivity contribution in [2.24, 2.45) is 12.8 Å². The summed E-state index contributed by atoms with van der Waals surface area (Å²) >= 11 is 1.29. The highest BCUT2D eigenvalue weighted by atomic mass is 32.2. The summed E-state index contributed by atoms with van der Waals surface area (Å²) in [5, 5.41) is 8.48. The fourth-order valence-electron chi connectivity index (χ4n) is 2.19. The van der Waals surface area contributed by atoms with Gasteiger partial charge >= 0.3 is 0 Å². The first kappa shape index (κ1) is 15.2. The van der Waals surface area contributed by atoms with Crippen LogP contribution in [-0.4, -0.2) is 25.7 Å². The number of benzene rings is 1. The summed E-state index contributed by atoms with van der Waals surface area (Å²) in [5.74, 6) is 0.281. The molecular weight excluding hydrogens is 310 g/mol. The molecule has 1 aromatic carbocycles. The number of thioether (sulfide) groups is 1. The number of carbonyl (C=O) groups excluding carboxylic acids is 1. The average Bonchev–Trinajstić information content (AvgIpc) is 2.94. The summed E-state index contributed by atoms with van der Waals surface area (Å²) in [6.07, 6.45) is 3.43. The van der Waals surface area contributed by atoms with Gasteiger partial charge in [-0.2, -0.15) is 0 Å². The van der Waals surface area contributed by atoms with Crippen LogP contribution in [0.5, 0.6) is 0 Å². The minimum atomic E-state index is -0.513. The van der Waals surface area contributed by atoms with Gasteiger partial charge in [-0.1, -0.05) is 42.1 Å². The predicted molar refractivity (Wildman–Crippen MR) is 88.5 cm³/mol. The zero-order valence-corrected chi connectivity index (χ0v) is 13.3. The number of rotatable bonds is 5. The summed E-state index contributed by atoms with van der Waals surface area (Å²) in [4.78, 5) is 15.9. The van der Waals surface area contributed by atoms with Crippen molar-refractivity contribution in [3.63, 3.8) is 0 Å². The monoisotopic (exact) mass is 325 g/mol. The molecule has 1 atom stereocenters. The molecule has 0 fully saturated rings. The van der Waals surface area contributed by atoms with E-state index >= 15 is 0 Å². The second kappa shape index (κ2) is 6.62.